The average Bonchev–Trinajstić information content (AvgIpc) is 2.53. The van der Waals surface area contributed by atoms with Crippen molar-refractivity contribution >= 4 is 5.91 Å². The molecule has 1 aliphatic heterocycles. The highest BCUT2D eigenvalue weighted by Crippen LogP contribution is 2.19. The number of benzene rings is 1. The van der Waals surface area contributed by atoms with Crippen molar-refractivity contribution in [3.05, 3.63) is 35.4 Å². The summed E-state index contributed by atoms with van der Waals surface area (Å²) in [6.07, 6.45) is 0.427. The third kappa shape index (κ3) is 2.18. The van der Waals surface area contributed by atoms with Gasteiger partial charge in [-0.1, -0.05) is 29.8 Å². The number of carbonyl (C=O) groups is 1. The Labute approximate surface area is 89.3 Å². The average molecular weight is 205 g/mol. The number of aliphatic hydroxyl groups is 1. The SMILES string of the molecule is Cc1ccc(CN2C(=O)CCC2O)cc1. The van der Waals surface area contributed by atoms with Crippen LogP contribution in [0.3, 0.4) is 0 Å². The van der Waals surface area contributed by atoms with Crippen LogP contribution < -0.4 is 0 Å². The molecule has 80 valence electrons. The van der Waals surface area contributed by atoms with Crippen LogP contribution in [0.25, 0.3) is 0 Å². The molecule has 15 heavy (non-hydrogen) atoms. The van der Waals surface area contributed by atoms with Crippen molar-refractivity contribution in [1.82, 2.24) is 4.90 Å². The zero-order valence-corrected chi connectivity index (χ0v) is 8.81. The molecule has 2 rings (SSSR count). The van der Waals surface area contributed by atoms with Gasteiger partial charge in [-0.05, 0) is 12.5 Å². The maximum atomic E-state index is 11.4. The Hall–Kier alpha value is -1.35. The minimum absolute atomic E-state index is 0.0445. The number of carbonyl (C=O) groups excluding carboxylic acids is 1. The van der Waals surface area contributed by atoms with Crippen LogP contribution in [0.5, 0.6) is 0 Å². The van der Waals surface area contributed by atoms with Crippen molar-refractivity contribution < 1.29 is 9.90 Å². The molecule has 1 amide bonds. The van der Waals surface area contributed by atoms with Crippen molar-refractivity contribution in [2.24, 2.45) is 0 Å². The van der Waals surface area contributed by atoms with Crippen molar-refractivity contribution in [3.63, 3.8) is 0 Å². The molecule has 1 saturated heterocycles. The largest absolute Gasteiger partial charge is 0.373 e. The predicted octanol–water partition coefficient (Wildman–Crippen LogP) is 1.44. The first-order valence-corrected chi connectivity index (χ1v) is 5.20. The lowest BCUT2D eigenvalue weighted by molar-refractivity contribution is -0.134. The highest BCUT2D eigenvalue weighted by molar-refractivity contribution is 5.78. The maximum Gasteiger partial charge on any atom is 0.225 e. The summed E-state index contributed by atoms with van der Waals surface area (Å²) in [5, 5.41) is 9.58. The zero-order valence-electron chi connectivity index (χ0n) is 8.81. The van der Waals surface area contributed by atoms with Crippen molar-refractivity contribution in [1.29, 1.82) is 0 Å². The van der Waals surface area contributed by atoms with Gasteiger partial charge in [-0.3, -0.25) is 4.79 Å². The Balaban J connectivity index is 2.08. The standard InChI is InChI=1S/C12H15NO2/c1-9-2-4-10(5-3-9)8-13-11(14)6-7-12(13)15/h2-5,11,14H,6-8H2,1H3. The topological polar surface area (TPSA) is 40.5 Å². The van der Waals surface area contributed by atoms with E-state index in [-0.39, 0.29) is 5.91 Å². The molecule has 0 bridgehead atoms. The number of likely N-dealkylation sites (tertiary alicyclic amines) is 1. The number of aliphatic hydroxyl groups excluding tert-OH is 1. The fourth-order valence-corrected chi connectivity index (χ4v) is 1.80. The third-order valence-corrected chi connectivity index (χ3v) is 2.77. The van der Waals surface area contributed by atoms with Crippen LogP contribution in [0.1, 0.15) is 24.0 Å². The number of amides is 1. The highest BCUT2D eigenvalue weighted by atomic mass is 16.3. The normalized spacial score (nSPS) is 21.1. The first kappa shape index (κ1) is 10.2. The first-order chi connectivity index (χ1) is 7.16. The Morgan fingerprint density at radius 1 is 1.40 bits per heavy atom. The molecule has 0 aromatic heterocycles. The number of aryl methyl sites for hydroxylation is 1. The van der Waals surface area contributed by atoms with Gasteiger partial charge in [-0.15, -0.1) is 0 Å². The molecule has 3 nitrogen and oxygen atoms in total. The van der Waals surface area contributed by atoms with Gasteiger partial charge in [0.1, 0.15) is 6.23 Å². The van der Waals surface area contributed by atoms with Crippen LogP contribution >= 0.6 is 0 Å². The van der Waals surface area contributed by atoms with Gasteiger partial charge in [0.2, 0.25) is 5.91 Å². The monoisotopic (exact) mass is 205 g/mol. The lowest BCUT2D eigenvalue weighted by Gasteiger charge is -2.20. The van der Waals surface area contributed by atoms with E-state index in [0.717, 1.165) is 5.56 Å². The highest BCUT2D eigenvalue weighted by Gasteiger charge is 2.28. The molecule has 0 aliphatic carbocycles. The van der Waals surface area contributed by atoms with Gasteiger partial charge in [0, 0.05) is 19.4 Å². The minimum Gasteiger partial charge on any atom is -0.373 e. The lowest BCUT2D eigenvalue weighted by atomic mass is 10.1. The third-order valence-electron chi connectivity index (χ3n) is 2.77. The van der Waals surface area contributed by atoms with Crippen LogP contribution in [-0.2, 0) is 11.3 Å². The van der Waals surface area contributed by atoms with Crippen LogP contribution in [-0.4, -0.2) is 22.1 Å². The van der Waals surface area contributed by atoms with Crippen LogP contribution in [0.2, 0.25) is 0 Å². The van der Waals surface area contributed by atoms with Crippen molar-refractivity contribution in [2.75, 3.05) is 0 Å². The van der Waals surface area contributed by atoms with E-state index in [1.807, 2.05) is 31.2 Å². The van der Waals surface area contributed by atoms with E-state index in [1.54, 1.807) is 0 Å². The molecule has 1 aromatic rings. The number of rotatable bonds is 2. The van der Waals surface area contributed by atoms with E-state index in [0.29, 0.717) is 19.4 Å². The molecular formula is C12H15NO2. The molecule has 1 unspecified atom stereocenters. The quantitative estimate of drug-likeness (QED) is 0.793. The molecule has 1 fully saturated rings. The molecule has 1 N–H and O–H groups in total. The lowest BCUT2D eigenvalue weighted by Crippen LogP contribution is -2.31. The summed E-state index contributed by atoms with van der Waals surface area (Å²) in [6.45, 7) is 2.54. The molecule has 1 atom stereocenters. The predicted molar refractivity (Wildman–Crippen MR) is 57.0 cm³/mol. The van der Waals surface area contributed by atoms with Gasteiger partial charge < -0.3 is 10.0 Å². The Morgan fingerprint density at radius 2 is 2.07 bits per heavy atom. The molecule has 1 heterocycles. The van der Waals surface area contributed by atoms with Crippen LogP contribution in [0, 0.1) is 6.92 Å². The summed E-state index contributed by atoms with van der Waals surface area (Å²) in [4.78, 5) is 13.0. The minimum atomic E-state index is -0.598. The van der Waals surface area contributed by atoms with E-state index in [4.69, 9.17) is 0 Å². The second-order valence-electron chi connectivity index (χ2n) is 4.03. The van der Waals surface area contributed by atoms with Gasteiger partial charge in [0.05, 0.1) is 0 Å². The molecule has 0 radical (unpaired) electrons. The molecule has 0 spiro atoms. The molecule has 0 saturated carbocycles. The molecular weight excluding hydrogens is 190 g/mol. The summed E-state index contributed by atoms with van der Waals surface area (Å²) >= 11 is 0. The fraction of sp³-hybridized carbons (Fsp3) is 0.417. The summed E-state index contributed by atoms with van der Waals surface area (Å²) < 4.78 is 0. The van der Waals surface area contributed by atoms with Crippen LogP contribution in [0.15, 0.2) is 24.3 Å². The van der Waals surface area contributed by atoms with Gasteiger partial charge >= 0.3 is 0 Å². The van der Waals surface area contributed by atoms with Gasteiger partial charge in [0.15, 0.2) is 0 Å². The number of nitrogens with zero attached hydrogens (tertiary/aromatic N) is 1. The maximum absolute atomic E-state index is 11.4. The summed E-state index contributed by atoms with van der Waals surface area (Å²) in [6, 6.07) is 8.02. The molecule has 3 heteroatoms. The summed E-state index contributed by atoms with van der Waals surface area (Å²) in [7, 11) is 0. The summed E-state index contributed by atoms with van der Waals surface area (Å²) in [5.74, 6) is 0.0445. The fourth-order valence-electron chi connectivity index (χ4n) is 1.80. The Morgan fingerprint density at radius 3 is 2.60 bits per heavy atom. The van der Waals surface area contributed by atoms with E-state index in [9.17, 15) is 9.90 Å². The van der Waals surface area contributed by atoms with Gasteiger partial charge in [-0.2, -0.15) is 0 Å². The smallest absolute Gasteiger partial charge is 0.225 e. The number of hydrogen-bond acceptors (Lipinski definition) is 2. The number of hydrogen-bond donors (Lipinski definition) is 1. The van der Waals surface area contributed by atoms with Crippen LogP contribution in [0.4, 0.5) is 0 Å². The zero-order chi connectivity index (χ0) is 10.8. The van der Waals surface area contributed by atoms with Crippen molar-refractivity contribution in [2.45, 2.75) is 32.5 Å². The van der Waals surface area contributed by atoms with E-state index >= 15 is 0 Å². The van der Waals surface area contributed by atoms with Gasteiger partial charge in [0.25, 0.3) is 0 Å². The second-order valence-corrected chi connectivity index (χ2v) is 4.03. The Kier molecular flexibility index (Phi) is 2.73. The molecule has 1 aliphatic rings. The van der Waals surface area contributed by atoms with Gasteiger partial charge in [-0.25, -0.2) is 0 Å². The second kappa shape index (κ2) is 4.03. The van der Waals surface area contributed by atoms with E-state index in [2.05, 4.69) is 0 Å². The molecule has 1 aromatic carbocycles. The summed E-state index contributed by atoms with van der Waals surface area (Å²) in [5.41, 5.74) is 2.27. The van der Waals surface area contributed by atoms with E-state index in [1.165, 1.54) is 10.5 Å². The van der Waals surface area contributed by atoms with Crippen molar-refractivity contribution in [3.8, 4) is 0 Å². The first-order valence-electron chi connectivity index (χ1n) is 5.20. The Bertz CT molecular complexity index is 358. The van der Waals surface area contributed by atoms with E-state index < -0.39 is 6.23 Å².